The molecule has 1 aliphatic rings. The fourth-order valence-corrected chi connectivity index (χ4v) is 3.50. The number of nitrogens with two attached hydrogens (primary N) is 2. The third-order valence-corrected chi connectivity index (χ3v) is 4.90. The molecule has 0 aromatic carbocycles. The van der Waals surface area contributed by atoms with Gasteiger partial charge in [0.05, 0.1) is 18.5 Å². The maximum Gasteiger partial charge on any atom is 0.254 e. The quantitative estimate of drug-likeness (QED) is 0.624. The smallest absolute Gasteiger partial charge is 0.254 e. The number of fused-ring (bicyclic) bond motifs is 1. The third kappa shape index (κ3) is 2.64. The van der Waals surface area contributed by atoms with E-state index in [-0.39, 0.29) is 22.8 Å². The summed E-state index contributed by atoms with van der Waals surface area (Å²) in [5.74, 6) is -0.822. The van der Waals surface area contributed by atoms with E-state index in [0.717, 1.165) is 11.3 Å². The number of aliphatic hydroxyl groups excluding tert-OH is 1. The van der Waals surface area contributed by atoms with E-state index < -0.39 is 12.0 Å². The minimum absolute atomic E-state index is 0.0878. The Morgan fingerprint density at radius 2 is 2.00 bits per heavy atom. The number of hydrogen-bond acceptors (Lipinski definition) is 7. The molecule has 9 nitrogen and oxygen atoms in total. The highest BCUT2D eigenvalue weighted by atomic mass is 16.3. The molecule has 5 N–H and O–H groups in total. The third-order valence-electron chi connectivity index (χ3n) is 4.90. The van der Waals surface area contributed by atoms with E-state index in [0.29, 0.717) is 17.0 Å². The van der Waals surface area contributed by atoms with E-state index in [1.165, 1.54) is 0 Å². The van der Waals surface area contributed by atoms with Crippen molar-refractivity contribution in [2.45, 2.75) is 20.0 Å². The summed E-state index contributed by atoms with van der Waals surface area (Å²) in [5.41, 5.74) is 15.3. The highest BCUT2D eigenvalue weighted by Gasteiger charge is 2.30. The zero-order valence-electron chi connectivity index (χ0n) is 15.4. The summed E-state index contributed by atoms with van der Waals surface area (Å²) in [6, 6.07) is 0. The second-order valence-electron chi connectivity index (χ2n) is 6.68. The molecule has 1 aliphatic carbocycles. The summed E-state index contributed by atoms with van der Waals surface area (Å²) in [7, 11) is 0. The van der Waals surface area contributed by atoms with Gasteiger partial charge in [0.25, 0.3) is 5.91 Å². The summed E-state index contributed by atoms with van der Waals surface area (Å²) < 4.78 is 1.65. The number of primary amides is 1. The van der Waals surface area contributed by atoms with Gasteiger partial charge in [-0.3, -0.25) is 19.3 Å². The van der Waals surface area contributed by atoms with Crippen LogP contribution in [0.5, 0.6) is 0 Å². The molecule has 9 heteroatoms. The first-order valence-corrected chi connectivity index (χ1v) is 8.70. The highest BCUT2D eigenvalue weighted by molar-refractivity contribution is 6.10. The van der Waals surface area contributed by atoms with Gasteiger partial charge < -0.3 is 16.6 Å². The summed E-state index contributed by atoms with van der Waals surface area (Å²) in [5, 5.41) is 10.3. The lowest BCUT2D eigenvalue weighted by Crippen LogP contribution is -2.24. The Labute approximate surface area is 160 Å². The number of nitrogens with zero attached hydrogens (tertiary/aromatic N) is 5. The van der Waals surface area contributed by atoms with Gasteiger partial charge in [-0.05, 0) is 12.5 Å². The molecule has 142 valence electrons. The average Bonchev–Trinajstić information content (AvgIpc) is 2.97. The van der Waals surface area contributed by atoms with Crippen LogP contribution in [0, 0.1) is 5.92 Å². The van der Waals surface area contributed by atoms with Crippen molar-refractivity contribution in [2.75, 3.05) is 5.73 Å². The maximum absolute atomic E-state index is 12.2. The summed E-state index contributed by atoms with van der Waals surface area (Å²) >= 11 is 0. The zero-order chi connectivity index (χ0) is 20.0. The Balaban J connectivity index is 2.03. The highest BCUT2D eigenvalue weighted by Crippen LogP contribution is 2.37. The number of hydrogen-bond donors (Lipinski definition) is 3. The molecule has 0 aliphatic heterocycles. The van der Waals surface area contributed by atoms with Gasteiger partial charge in [0.15, 0.2) is 5.65 Å². The molecule has 3 aromatic heterocycles. The van der Waals surface area contributed by atoms with Crippen LogP contribution in [0.25, 0.3) is 28.2 Å². The standard InChI is InChI=1S/C19H19N7O2/c1-9-3-4-13(27)10(2)16(9)26-17(20)14(18(21)28)15-19(26)24-8-12(25-15)11-7-22-5-6-23-11/h3-8,10,13,27H,20H2,1-2H3,(H2,21,28)/t10-,13-/m1/s1. The molecule has 0 unspecified atom stereocenters. The minimum Gasteiger partial charge on any atom is -0.388 e. The molecular weight excluding hydrogens is 358 g/mol. The lowest BCUT2D eigenvalue weighted by molar-refractivity contribution is 0.100. The molecule has 4 rings (SSSR count). The van der Waals surface area contributed by atoms with Crippen LogP contribution in [0.2, 0.25) is 0 Å². The number of aliphatic hydroxyl groups is 1. The molecule has 3 heterocycles. The van der Waals surface area contributed by atoms with Crippen LogP contribution in [0.4, 0.5) is 5.82 Å². The number of carbonyl (C=O) groups excluding carboxylic acids is 1. The lowest BCUT2D eigenvalue weighted by Gasteiger charge is -2.27. The predicted molar refractivity (Wildman–Crippen MR) is 105 cm³/mol. The number of anilines is 1. The first kappa shape index (κ1) is 17.8. The molecule has 0 fully saturated rings. The largest absolute Gasteiger partial charge is 0.388 e. The molecule has 0 bridgehead atoms. The van der Waals surface area contributed by atoms with E-state index in [2.05, 4.69) is 19.9 Å². The Bertz CT molecular complexity index is 1150. The van der Waals surface area contributed by atoms with Gasteiger partial charge in [-0.15, -0.1) is 0 Å². The fraction of sp³-hybridized carbons (Fsp3) is 0.211. The second kappa shape index (κ2) is 6.54. The van der Waals surface area contributed by atoms with Crippen LogP contribution in [0.3, 0.4) is 0 Å². The van der Waals surface area contributed by atoms with Crippen LogP contribution in [-0.2, 0) is 0 Å². The molecule has 1 amide bonds. The van der Waals surface area contributed by atoms with E-state index in [1.54, 1.807) is 35.4 Å². The lowest BCUT2D eigenvalue weighted by atomic mass is 9.91. The van der Waals surface area contributed by atoms with Crippen LogP contribution in [0.1, 0.15) is 24.2 Å². The first-order chi connectivity index (χ1) is 13.4. The van der Waals surface area contributed by atoms with Gasteiger partial charge in [0, 0.05) is 24.0 Å². The number of aromatic nitrogens is 5. The number of amides is 1. The number of rotatable bonds is 3. The van der Waals surface area contributed by atoms with Crippen molar-refractivity contribution in [3.05, 3.63) is 48.1 Å². The molecular formula is C19H19N7O2. The Morgan fingerprint density at radius 1 is 1.21 bits per heavy atom. The Hall–Kier alpha value is -3.59. The predicted octanol–water partition coefficient (Wildman–Crippen LogP) is 1.37. The van der Waals surface area contributed by atoms with Gasteiger partial charge in [-0.25, -0.2) is 9.97 Å². The van der Waals surface area contributed by atoms with E-state index in [9.17, 15) is 9.90 Å². The minimum atomic E-state index is -0.704. The van der Waals surface area contributed by atoms with Crippen molar-refractivity contribution < 1.29 is 9.90 Å². The maximum atomic E-state index is 12.2. The molecule has 0 spiro atoms. The van der Waals surface area contributed by atoms with Crippen LogP contribution in [0.15, 0.2) is 42.5 Å². The topological polar surface area (TPSA) is 146 Å². The summed E-state index contributed by atoms with van der Waals surface area (Å²) in [4.78, 5) is 29.4. The van der Waals surface area contributed by atoms with Crippen molar-refractivity contribution in [3.8, 4) is 11.4 Å². The molecule has 0 saturated heterocycles. The van der Waals surface area contributed by atoms with Gasteiger partial charge >= 0.3 is 0 Å². The number of carbonyl (C=O) groups is 1. The normalized spacial score (nSPS) is 19.4. The second-order valence-corrected chi connectivity index (χ2v) is 6.68. The van der Waals surface area contributed by atoms with Crippen molar-refractivity contribution in [1.82, 2.24) is 24.5 Å². The van der Waals surface area contributed by atoms with Crippen molar-refractivity contribution >= 4 is 28.6 Å². The van der Waals surface area contributed by atoms with Crippen molar-refractivity contribution in [3.63, 3.8) is 0 Å². The van der Waals surface area contributed by atoms with Crippen LogP contribution >= 0.6 is 0 Å². The SMILES string of the molecule is CC1=C(n2c(N)c(C(N)=O)c3nc(-c4cnccn4)cnc32)[C@H](C)[C@H](O)C=C1. The van der Waals surface area contributed by atoms with Crippen molar-refractivity contribution in [1.29, 1.82) is 0 Å². The number of allylic oxidation sites excluding steroid dienone is 2. The monoisotopic (exact) mass is 377 g/mol. The Kier molecular flexibility index (Phi) is 4.16. The summed E-state index contributed by atoms with van der Waals surface area (Å²) in [6.07, 6.45) is 9.05. The van der Waals surface area contributed by atoms with Gasteiger partial charge in [0.2, 0.25) is 0 Å². The van der Waals surface area contributed by atoms with E-state index >= 15 is 0 Å². The summed E-state index contributed by atoms with van der Waals surface area (Å²) in [6.45, 7) is 3.79. The molecule has 28 heavy (non-hydrogen) atoms. The number of nitrogen functional groups attached to an aromatic ring is 1. The van der Waals surface area contributed by atoms with Crippen LogP contribution < -0.4 is 11.5 Å². The average molecular weight is 377 g/mol. The first-order valence-electron chi connectivity index (χ1n) is 8.70. The molecule has 0 saturated carbocycles. The molecule has 0 radical (unpaired) electrons. The van der Waals surface area contributed by atoms with Crippen LogP contribution in [-0.4, -0.2) is 41.6 Å². The van der Waals surface area contributed by atoms with E-state index in [1.807, 2.05) is 19.9 Å². The fourth-order valence-electron chi connectivity index (χ4n) is 3.50. The van der Waals surface area contributed by atoms with Crippen molar-refractivity contribution in [2.24, 2.45) is 11.7 Å². The van der Waals surface area contributed by atoms with Gasteiger partial charge in [-0.2, -0.15) is 0 Å². The van der Waals surface area contributed by atoms with Gasteiger partial charge in [0.1, 0.15) is 28.3 Å². The molecule has 2 atom stereocenters. The van der Waals surface area contributed by atoms with Gasteiger partial charge in [-0.1, -0.05) is 19.1 Å². The Morgan fingerprint density at radius 3 is 2.68 bits per heavy atom. The zero-order valence-corrected chi connectivity index (χ0v) is 15.4. The van der Waals surface area contributed by atoms with E-state index in [4.69, 9.17) is 11.5 Å². The molecule has 3 aromatic rings.